The fourth-order valence-electron chi connectivity index (χ4n) is 3.42. The van der Waals surface area contributed by atoms with Gasteiger partial charge in [-0.15, -0.1) is 0 Å². The van der Waals surface area contributed by atoms with Crippen LogP contribution in [0.3, 0.4) is 0 Å². The van der Waals surface area contributed by atoms with Gasteiger partial charge in [-0.25, -0.2) is 0 Å². The summed E-state index contributed by atoms with van der Waals surface area (Å²) in [4.78, 5) is 0. The SMILES string of the molecule is CCCCC1OC(C)(C)C(C)C(CCC)C1C. The summed E-state index contributed by atoms with van der Waals surface area (Å²) < 4.78 is 6.38. The van der Waals surface area contributed by atoms with E-state index in [9.17, 15) is 0 Å². The minimum atomic E-state index is 0.0603. The van der Waals surface area contributed by atoms with Crippen molar-refractivity contribution in [1.29, 1.82) is 0 Å². The number of rotatable bonds is 5. The average Bonchev–Trinajstić information content (AvgIpc) is 2.28. The number of ether oxygens (including phenoxy) is 1. The van der Waals surface area contributed by atoms with Crippen molar-refractivity contribution in [2.24, 2.45) is 17.8 Å². The molecule has 0 amide bonds. The normalized spacial score (nSPS) is 37.1. The second-order valence-electron chi connectivity index (χ2n) is 6.50. The minimum absolute atomic E-state index is 0.0603. The van der Waals surface area contributed by atoms with E-state index in [0.29, 0.717) is 12.0 Å². The molecule has 17 heavy (non-hydrogen) atoms. The Labute approximate surface area is 108 Å². The Balaban J connectivity index is 2.74. The summed E-state index contributed by atoms with van der Waals surface area (Å²) >= 11 is 0. The first-order valence-electron chi connectivity index (χ1n) is 7.61. The van der Waals surface area contributed by atoms with Gasteiger partial charge >= 0.3 is 0 Å². The molecule has 4 unspecified atom stereocenters. The zero-order valence-electron chi connectivity index (χ0n) is 12.8. The molecule has 0 aliphatic carbocycles. The third-order valence-corrected chi connectivity index (χ3v) is 4.92. The van der Waals surface area contributed by atoms with Crippen molar-refractivity contribution in [2.45, 2.75) is 85.4 Å². The Kier molecular flexibility index (Phi) is 5.50. The number of unbranched alkanes of at least 4 members (excludes halogenated alkanes) is 1. The second-order valence-corrected chi connectivity index (χ2v) is 6.50. The molecule has 1 aliphatic rings. The molecule has 0 bridgehead atoms. The number of hydrogen-bond acceptors (Lipinski definition) is 1. The lowest BCUT2D eigenvalue weighted by Crippen LogP contribution is -2.51. The van der Waals surface area contributed by atoms with Crippen molar-refractivity contribution in [3.8, 4) is 0 Å². The van der Waals surface area contributed by atoms with E-state index in [4.69, 9.17) is 4.74 Å². The highest BCUT2D eigenvalue weighted by Crippen LogP contribution is 2.44. The first kappa shape index (κ1) is 15.0. The molecule has 1 rings (SSSR count). The van der Waals surface area contributed by atoms with E-state index < -0.39 is 0 Å². The molecule has 1 fully saturated rings. The summed E-state index contributed by atoms with van der Waals surface area (Å²) in [5.41, 5.74) is 0.0603. The maximum Gasteiger partial charge on any atom is 0.0658 e. The predicted molar refractivity (Wildman–Crippen MR) is 75.2 cm³/mol. The molecule has 1 nitrogen and oxygen atoms in total. The van der Waals surface area contributed by atoms with Gasteiger partial charge in [0, 0.05) is 0 Å². The highest BCUT2D eigenvalue weighted by atomic mass is 16.5. The van der Waals surface area contributed by atoms with Crippen molar-refractivity contribution in [3.63, 3.8) is 0 Å². The van der Waals surface area contributed by atoms with Gasteiger partial charge in [0.2, 0.25) is 0 Å². The molecule has 0 radical (unpaired) electrons. The van der Waals surface area contributed by atoms with Crippen molar-refractivity contribution in [3.05, 3.63) is 0 Å². The summed E-state index contributed by atoms with van der Waals surface area (Å²) in [7, 11) is 0. The first-order chi connectivity index (χ1) is 7.94. The van der Waals surface area contributed by atoms with E-state index in [-0.39, 0.29) is 5.60 Å². The van der Waals surface area contributed by atoms with Gasteiger partial charge in [-0.1, -0.05) is 47.0 Å². The van der Waals surface area contributed by atoms with E-state index >= 15 is 0 Å². The van der Waals surface area contributed by atoms with Crippen LogP contribution in [-0.4, -0.2) is 11.7 Å². The van der Waals surface area contributed by atoms with Gasteiger partial charge in [0.1, 0.15) is 0 Å². The maximum absolute atomic E-state index is 6.38. The zero-order valence-corrected chi connectivity index (χ0v) is 12.8. The van der Waals surface area contributed by atoms with Crippen LogP contribution in [0.2, 0.25) is 0 Å². The lowest BCUT2D eigenvalue weighted by atomic mass is 9.68. The van der Waals surface area contributed by atoms with Crippen LogP contribution in [0.15, 0.2) is 0 Å². The maximum atomic E-state index is 6.38. The molecule has 4 atom stereocenters. The smallest absolute Gasteiger partial charge is 0.0658 e. The summed E-state index contributed by atoms with van der Waals surface area (Å²) in [6.45, 7) is 13.9. The molecule has 1 heterocycles. The Morgan fingerprint density at radius 3 is 2.18 bits per heavy atom. The van der Waals surface area contributed by atoms with Gasteiger partial charge in [-0.2, -0.15) is 0 Å². The van der Waals surface area contributed by atoms with Crippen LogP contribution < -0.4 is 0 Å². The predicted octanol–water partition coefficient (Wildman–Crippen LogP) is 5.04. The highest BCUT2D eigenvalue weighted by Gasteiger charge is 2.44. The standard InChI is InChI=1S/C16H32O/c1-7-9-11-15-12(3)14(10-8-2)13(4)16(5,6)17-15/h12-15H,7-11H2,1-6H3. The fourth-order valence-corrected chi connectivity index (χ4v) is 3.42. The molecule has 0 aromatic rings. The van der Waals surface area contributed by atoms with Crippen LogP contribution >= 0.6 is 0 Å². The Morgan fingerprint density at radius 1 is 1.00 bits per heavy atom. The highest BCUT2D eigenvalue weighted by molar-refractivity contribution is 4.92. The van der Waals surface area contributed by atoms with E-state index in [0.717, 1.165) is 11.8 Å². The van der Waals surface area contributed by atoms with Gasteiger partial charge in [0.15, 0.2) is 0 Å². The van der Waals surface area contributed by atoms with Crippen LogP contribution in [0.5, 0.6) is 0 Å². The Bertz CT molecular complexity index is 222. The van der Waals surface area contributed by atoms with E-state index in [1.165, 1.54) is 32.1 Å². The fraction of sp³-hybridized carbons (Fsp3) is 1.00. The van der Waals surface area contributed by atoms with E-state index in [2.05, 4.69) is 41.5 Å². The second kappa shape index (κ2) is 6.22. The molecule has 0 aromatic heterocycles. The third kappa shape index (κ3) is 3.47. The van der Waals surface area contributed by atoms with Gasteiger partial charge in [-0.3, -0.25) is 0 Å². The summed E-state index contributed by atoms with van der Waals surface area (Å²) in [6.07, 6.45) is 6.97. The van der Waals surface area contributed by atoms with Crippen LogP contribution in [0.4, 0.5) is 0 Å². The topological polar surface area (TPSA) is 9.23 Å². The molecule has 1 aliphatic heterocycles. The van der Waals surface area contributed by atoms with Crippen molar-refractivity contribution in [2.75, 3.05) is 0 Å². The molecule has 0 saturated carbocycles. The van der Waals surface area contributed by atoms with Crippen molar-refractivity contribution < 1.29 is 4.74 Å². The summed E-state index contributed by atoms with van der Waals surface area (Å²) in [5, 5.41) is 0. The zero-order chi connectivity index (χ0) is 13.1. The third-order valence-electron chi connectivity index (χ3n) is 4.92. The monoisotopic (exact) mass is 240 g/mol. The van der Waals surface area contributed by atoms with E-state index in [1.807, 2.05) is 0 Å². The molecule has 0 spiro atoms. The summed E-state index contributed by atoms with van der Waals surface area (Å²) in [6, 6.07) is 0. The van der Waals surface area contributed by atoms with E-state index in [1.54, 1.807) is 0 Å². The Morgan fingerprint density at radius 2 is 1.65 bits per heavy atom. The molecule has 102 valence electrons. The molecular weight excluding hydrogens is 208 g/mol. The lowest BCUT2D eigenvalue weighted by molar-refractivity contribution is -0.189. The number of hydrogen-bond donors (Lipinski definition) is 0. The lowest BCUT2D eigenvalue weighted by Gasteiger charge is -2.50. The first-order valence-corrected chi connectivity index (χ1v) is 7.61. The summed E-state index contributed by atoms with van der Waals surface area (Å²) in [5.74, 6) is 2.24. The van der Waals surface area contributed by atoms with Crippen LogP contribution in [-0.2, 0) is 4.74 Å². The van der Waals surface area contributed by atoms with Gasteiger partial charge in [0.25, 0.3) is 0 Å². The molecule has 1 saturated heterocycles. The quantitative estimate of drug-likeness (QED) is 0.654. The van der Waals surface area contributed by atoms with Crippen LogP contribution in [0.1, 0.15) is 73.6 Å². The largest absolute Gasteiger partial charge is 0.372 e. The molecule has 1 heteroatoms. The average molecular weight is 240 g/mol. The van der Waals surface area contributed by atoms with Gasteiger partial charge < -0.3 is 4.74 Å². The molecule has 0 aromatic carbocycles. The van der Waals surface area contributed by atoms with Gasteiger partial charge in [-0.05, 0) is 44.4 Å². The van der Waals surface area contributed by atoms with Crippen molar-refractivity contribution >= 4 is 0 Å². The van der Waals surface area contributed by atoms with Crippen molar-refractivity contribution in [1.82, 2.24) is 0 Å². The molecule has 0 N–H and O–H groups in total. The van der Waals surface area contributed by atoms with Crippen LogP contribution in [0, 0.1) is 17.8 Å². The Hall–Kier alpha value is -0.0400. The molecular formula is C16H32O. The minimum Gasteiger partial charge on any atom is -0.372 e. The van der Waals surface area contributed by atoms with Crippen LogP contribution in [0.25, 0.3) is 0 Å². The van der Waals surface area contributed by atoms with Gasteiger partial charge in [0.05, 0.1) is 11.7 Å².